The number of hydrogen-bond acceptors (Lipinski definition) is 3. The molecule has 1 saturated heterocycles. The summed E-state index contributed by atoms with van der Waals surface area (Å²) in [5, 5.41) is 12.8. The molecular weight excluding hydrogens is 226 g/mol. The third-order valence-electron chi connectivity index (χ3n) is 4.23. The van der Waals surface area contributed by atoms with Crippen LogP contribution in [0.25, 0.3) is 0 Å². The molecule has 2 fully saturated rings. The fourth-order valence-electron chi connectivity index (χ4n) is 3.26. The van der Waals surface area contributed by atoms with Gasteiger partial charge < -0.3 is 9.94 Å². The van der Waals surface area contributed by atoms with Gasteiger partial charge in [0.25, 0.3) is 0 Å². The summed E-state index contributed by atoms with van der Waals surface area (Å²) >= 11 is 0. The quantitative estimate of drug-likeness (QED) is 0.605. The lowest BCUT2D eigenvalue weighted by Crippen LogP contribution is -2.38. The number of ether oxygens (including phenoxy) is 1. The molecule has 1 atom stereocenters. The van der Waals surface area contributed by atoms with Crippen LogP contribution in [0.2, 0.25) is 0 Å². The Labute approximate surface area is 107 Å². The van der Waals surface area contributed by atoms with Gasteiger partial charge in [-0.1, -0.05) is 54.8 Å². The van der Waals surface area contributed by atoms with E-state index in [9.17, 15) is 5.21 Å². The lowest BCUT2D eigenvalue weighted by Gasteiger charge is -2.33. The van der Waals surface area contributed by atoms with Crippen molar-refractivity contribution < 1.29 is 9.94 Å². The molecule has 2 aliphatic rings. The molecule has 1 unspecified atom stereocenters. The largest absolute Gasteiger partial charge is 0.411 e. The normalized spacial score (nSPS) is 28.9. The predicted molar refractivity (Wildman–Crippen MR) is 69.9 cm³/mol. The highest BCUT2D eigenvalue weighted by Crippen LogP contribution is 2.45. The van der Waals surface area contributed by atoms with Gasteiger partial charge in [-0.15, -0.1) is 0 Å². The van der Waals surface area contributed by atoms with Crippen LogP contribution in [-0.4, -0.2) is 16.5 Å². The second-order valence-electron chi connectivity index (χ2n) is 5.32. The molecule has 18 heavy (non-hydrogen) atoms. The molecule has 0 bridgehead atoms. The van der Waals surface area contributed by atoms with E-state index in [0.29, 0.717) is 0 Å². The molecule has 1 saturated carbocycles. The molecule has 3 nitrogen and oxygen atoms in total. The van der Waals surface area contributed by atoms with E-state index in [0.717, 1.165) is 25.0 Å². The average molecular weight is 245 g/mol. The van der Waals surface area contributed by atoms with Crippen molar-refractivity contribution in [2.45, 2.75) is 50.2 Å². The highest BCUT2D eigenvalue weighted by Gasteiger charge is 2.47. The zero-order valence-electron chi connectivity index (χ0n) is 10.5. The predicted octanol–water partition coefficient (Wildman–Crippen LogP) is 3.68. The molecule has 1 N–H and O–H groups in total. The van der Waals surface area contributed by atoms with Gasteiger partial charge >= 0.3 is 0 Å². The van der Waals surface area contributed by atoms with E-state index in [1.807, 2.05) is 18.2 Å². The highest BCUT2D eigenvalue weighted by molar-refractivity contribution is 5.94. The van der Waals surface area contributed by atoms with Crippen LogP contribution < -0.4 is 0 Å². The Bertz CT molecular complexity index is 435. The summed E-state index contributed by atoms with van der Waals surface area (Å²) in [5.74, 6) is 0. The monoisotopic (exact) mass is 245 g/mol. The first-order valence-corrected chi connectivity index (χ1v) is 6.78. The second-order valence-corrected chi connectivity index (χ2v) is 5.32. The van der Waals surface area contributed by atoms with Crippen LogP contribution in [0.5, 0.6) is 0 Å². The van der Waals surface area contributed by atoms with Gasteiger partial charge in [-0.25, -0.2) is 0 Å². The summed E-state index contributed by atoms with van der Waals surface area (Å²) in [5.41, 5.74) is 1.74. The lowest BCUT2D eigenvalue weighted by atomic mass is 9.81. The molecule has 1 aromatic rings. The van der Waals surface area contributed by atoms with Crippen LogP contribution in [-0.2, 0) is 4.74 Å². The van der Waals surface area contributed by atoms with Crippen molar-refractivity contribution >= 4 is 5.71 Å². The van der Waals surface area contributed by atoms with Crippen molar-refractivity contribution in [1.82, 2.24) is 0 Å². The summed E-state index contributed by atoms with van der Waals surface area (Å²) in [7, 11) is 0. The van der Waals surface area contributed by atoms with Crippen molar-refractivity contribution in [2.75, 3.05) is 0 Å². The van der Waals surface area contributed by atoms with Crippen molar-refractivity contribution in [2.24, 2.45) is 5.16 Å². The molecule has 1 heterocycles. The van der Waals surface area contributed by atoms with Crippen molar-refractivity contribution in [3.63, 3.8) is 0 Å². The minimum atomic E-state index is -0.284. The van der Waals surface area contributed by atoms with E-state index >= 15 is 0 Å². The summed E-state index contributed by atoms with van der Waals surface area (Å²) < 4.78 is 6.29. The molecule has 3 rings (SSSR count). The fraction of sp³-hybridized carbons (Fsp3) is 0.533. The van der Waals surface area contributed by atoms with Gasteiger partial charge in [0.05, 0.1) is 11.8 Å². The molecule has 1 aliphatic heterocycles. The zero-order chi connectivity index (χ0) is 12.4. The van der Waals surface area contributed by atoms with Crippen molar-refractivity contribution in [1.29, 1.82) is 0 Å². The van der Waals surface area contributed by atoms with Crippen molar-refractivity contribution in [3.8, 4) is 0 Å². The Hall–Kier alpha value is -1.35. The Morgan fingerprint density at radius 1 is 1.11 bits per heavy atom. The number of hydrogen-bond donors (Lipinski definition) is 1. The maximum Gasteiger partial charge on any atom is 0.110 e. The van der Waals surface area contributed by atoms with Crippen LogP contribution >= 0.6 is 0 Å². The Kier molecular flexibility index (Phi) is 3.08. The van der Waals surface area contributed by atoms with Gasteiger partial charge in [-0.05, 0) is 18.4 Å². The number of rotatable bonds is 1. The van der Waals surface area contributed by atoms with E-state index in [1.165, 1.54) is 24.8 Å². The third kappa shape index (κ3) is 1.93. The third-order valence-corrected chi connectivity index (χ3v) is 4.23. The first-order chi connectivity index (χ1) is 8.84. The topological polar surface area (TPSA) is 41.8 Å². The minimum absolute atomic E-state index is 0.0511. The smallest absolute Gasteiger partial charge is 0.110 e. The number of nitrogens with zero attached hydrogens (tertiary/aromatic N) is 1. The molecule has 3 heteroatoms. The Balaban J connectivity index is 1.86. The maximum atomic E-state index is 9.26. The SMILES string of the molecule is ON=C1CC(c2ccccc2)OC12CCCCC2. The molecule has 0 aromatic heterocycles. The van der Waals surface area contributed by atoms with Gasteiger partial charge in [0.1, 0.15) is 5.60 Å². The highest BCUT2D eigenvalue weighted by atomic mass is 16.5. The molecule has 96 valence electrons. The fourth-order valence-corrected chi connectivity index (χ4v) is 3.26. The van der Waals surface area contributed by atoms with Gasteiger partial charge in [0, 0.05) is 6.42 Å². The summed E-state index contributed by atoms with van der Waals surface area (Å²) in [6.45, 7) is 0. The van der Waals surface area contributed by atoms with Gasteiger partial charge in [-0.3, -0.25) is 0 Å². The van der Waals surface area contributed by atoms with Gasteiger partial charge in [0.2, 0.25) is 0 Å². The standard InChI is InChI=1S/C15H19NO2/c17-16-14-11-13(12-7-3-1-4-8-12)18-15(14)9-5-2-6-10-15/h1,3-4,7-8,13,17H,2,5-6,9-11H2. The van der Waals surface area contributed by atoms with E-state index < -0.39 is 0 Å². The van der Waals surface area contributed by atoms with Crippen molar-refractivity contribution in [3.05, 3.63) is 35.9 Å². The van der Waals surface area contributed by atoms with Crippen LogP contribution in [0.3, 0.4) is 0 Å². The number of benzene rings is 1. The maximum absolute atomic E-state index is 9.26. The molecule has 1 spiro atoms. The van der Waals surface area contributed by atoms with Crippen LogP contribution in [0.1, 0.15) is 50.2 Å². The lowest BCUT2D eigenvalue weighted by molar-refractivity contribution is -0.0409. The van der Waals surface area contributed by atoms with Crippen LogP contribution in [0, 0.1) is 0 Å². The van der Waals surface area contributed by atoms with E-state index in [2.05, 4.69) is 17.3 Å². The average Bonchev–Trinajstić information content (AvgIpc) is 2.79. The van der Waals surface area contributed by atoms with Gasteiger partial charge in [-0.2, -0.15) is 0 Å². The van der Waals surface area contributed by atoms with Gasteiger partial charge in [0.15, 0.2) is 0 Å². The molecule has 0 amide bonds. The Morgan fingerprint density at radius 2 is 1.83 bits per heavy atom. The molecule has 0 radical (unpaired) electrons. The summed E-state index contributed by atoms with van der Waals surface area (Å²) in [6.07, 6.45) is 6.36. The zero-order valence-corrected chi connectivity index (χ0v) is 10.5. The van der Waals surface area contributed by atoms with E-state index in [4.69, 9.17) is 4.74 Å². The summed E-state index contributed by atoms with van der Waals surface area (Å²) in [4.78, 5) is 0. The Morgan fingerprint density at radius 3 is 2.50 bits per heavy atom. The van der Waals surface area contributed by atoms with E-state index in [1.54, 1.807) is 0 Å². The molecular formula is C15H19NO2. The first-order valence-electron chi connectivity index (χ1n) is 6.78. The first kappa shape index (κ1) is 11.7. The summed E-state index contributed by atoms with van der Waals surface area (Å²) in [6, 6.07) is 10.2. The molecule has 1 aromatic carbocycles. The second kappa shape index (κ2) is 4.73. The van der Waals surface area contributed by atoms with Crippen LogP contribution in [0.15, 0.2) is 35.5 Å². The van der Waals surface area contributed by atoms with Crippen LogP contribution in [0.4, 0.5) is 0 Å². The van der Waals surface area contributed by atoms with E-state index in [-0.39, 0.29) is 11.7 Å². The number of oxime groups is 1. The minimum Gasteiger partial charge on any atom is -0.411 e. The molecule has 1 aliphatic carbocycles.